The number of benzene rings is 1. The van der Waals surface area contributed by atoms with Gasteiger partial charge in [-0.2, -0.15) is 4.52 Å². The maximum atomic E-state index is 11.8. The van der Waals surface area contributed by atoms with Gasteiger partial charge in [0.25, 0.3) is 0 Å². The number of halogens is 2. The zero-order chi connectivity index (χ0) is 14.3. The molecule has 2 heterocycles. The van der Waals surface area contributed by atoms with Crippen LogP contribution in [0.25, 0.3) is 16.6 Å². The van der Waals surface area contributed by atoms with Crippen LogP contribution in [0, 0.1) is 0 Å². The quantitative estimate of drug-likeness (QED) is 0.537. The molecule has 1 aromatic carbocycles. The molecular weight excluding hydrogens is 303 g/mol. The van der Waals surface area contributed by atoms with E-state index < -0.39 is 5.97 Å². The molecule has 0 fully saturated rings. The molecule has 8 heteroatoms. The van der Waals surface area contributed by atoms with Crippen LogP contribution in [0.4, 0.5) is 0 Å². The first-order valence-electron chi connectivity index (χ1n) is 5.79. The Morgan fingerprint density at radius 1 is 1.40 bits per heavy atom. The van der Waals surface area contributed by atoms with E-state index in [0.717, 1.165) is 0 Å². The van der Waals surface area contributed by atoms with Gasteiger partial charge in [0.05, 0.1) is 12.1 Å². The van der Waals surface area contributed by atoms with E-state index in [0.29, 0.717) is 15.9 Å². The molecule has 2 aromatic heterocycles. The Hall–Kier alpha value is -1.92. The summed E-state index contributed by atoms with van der Waals surface area (Å²) in [5.74, 6) is -0.590. The van der Waals surface area contributed by atoms with Crippen LogP contribution in [-0.2, 0) is 4.74 Å². The molecule has 0 N–H and O–H groups in total. The molecule has 0 aliphatic rings. The third-order valence-corrected chi connectivity index (χ3v) is 3.25. The summed E-state index contributed by atoms with van der Waals surface area (Å²) in [4.78, 5) is 15.9. The largest absolute Gasteiger partial charge is 0.461 e. The second-order valence-electron chi connectivity index (χ2n) is 3.96. The number of rotatable bonds is 2. The fourth-order valence-electron chi connectivity index (χ4n) is 1.88. The second-order valence-corrected chi connectivity index (χ2v) is 4.75. The Balaban J connectivity index is 2.34. The fourth-order valence-corrected chi connectivity index (χ4v) is 2.28. The van der Waals surface area contributed by atoms with Gasteiger partial charge in [-0.05, 0) is 25.1 Å². The molecule has 0 amide bonds. The number of ether oxygens (including phenoxy) is 1. The van der Waals surface area contributed by atoms with E-state index in [2.05, 4.69) is 15.3 Å². The van der Waals surface area contributed by atoms with Crippen molar-refractivity contribution in [3.8, 4) is 0 Å². The molecule has 20 heavy (non-hydrogen) atoms. The van der Waals surface area contributed by atoms with E-state index in [1.807, 2.05) is 0 Å². The predicted octanol–water partition coefficient (Wildman–Crippen LogP) is 2.76. The average Bonchev–Trinajstić information content (AvgIpc) is 2.82. The van der Waals surface area contributed by atoms with E-state index in [9.17, 15) is 4.79 Å². The highest BCUT2D eigenvalue weighted by atomic mass is 35.5. The van der Waals surface area contributed by atoms with E-state index >= 15 is 0 Å². The van der Waals surface area contributed by atoms with Gasteiger partial charge in [-0.15, -0.1) is 5.10 Å². The lowest BCUT2D eigenvalue weighted by Gasteiger charge is -2.03. The average molecular weight is 311 g/mol. The number of carbonyl (C=O) groups is 1. The van der Waals surface area contributed by atoms with Crippen molar-refractivity contribution < 1.29 is 9.53 Å². The van der Waals surface area contributed by atoms with Gasteiger partial charge in [0, 0.05) is 10.4 Å². The Kier molecular flexibility index (Phi) is 3.19. The second kappa shape index (κ2) is 4.88. The van der Waals surface area contributed by atoms with Gasteiger partial charge in [0.2, 0.25) is 5.69 Å². The molecule has 0 unspecified atom stereocenters. The van der Waals surface area contributed by atoms with Crippen LogP contribution in [0.1, 0.15) is 17.4 Å². The molecule has 0 saturated carbocycles. The summed E-state index contributed by atoms with van der Waals surface area (Å²) in [6, 6.07) is 5.12. The van der Waals surface area contributed by atoms with Gasteiger partial charge >= 0.3 is 5.97 Å². The number of esters is 1. The summed E-state index contributed by atoms with van der Waals surface area (Å²) in [5.41, 5.74) is 0.884. The SMILES string of the molecule is CCOC(=O)c1nnn2c1nc(Cl)c1ccc(Cl)cc12. The maximum Gasteiger partial charge on any atom is 0.362 e. The molecule has 3 rings (SSSR count). The topological polar surface area (TPSA) is 69.4 Å². The highest BCUT2D eigenvalue weighted by Crippen LogP contribution is 2.26. The van der Waals surface area contributed by atoms with Crippen molar-refractivity contribution in [2.45, 2.75) is 6.92 Å². The van der Waals surface area contributed by atoms with Crippen LogP contribution in [0.15, 0.2) is 18.2 Å². The summed E-state index contributed by atoms with van der Waals surface area (Å²) in [6.07, 6.45) is 0. The molecule has 0 saturated heterocycles. The summed E-state index contributed by atoms with van der Waals surface area (Å²) in [5, 5.41) is 9.17. The molecule has 0 radical (unpaired) electrons. The molecule has 0 spiro atoms. The first-order chi connectivity index (χ1) is 9.61. The Bertz CT molecular complexity index is 831. The maximum absolute atomic E-state index is 11.8. The lowest BCUT2D eigenvalue weighted by Crippen LogP contribution is -2.06. The van der Waals surface area contributed by atoms with E-state index in [1.165, 1.54) is 4.52 Å². The van der Waals surface area contributed by atoms with Gasteiger partial charge < -0.3 is 4.74 Å². The molecule has 102 valence electrons. The fraction of sp³-hybridized carbons (Fsp3) is 0.167. The van der Waals surface area contributed by atoms with Crippen LogP contribution in [0.2, 0.25) is 10.2 Å². The standard InChI is InChI=1S/C12H8Cl2N4O2/c1-2-20-12(19)9-11-15-10(14)7-4-3-6(13)5-8(7)18(11)17-16-9/h3-5H,2H2,1H3. The van der Waals surface area contributed by atoms with Crippen LogP contribution >= 0.6 is 23.2 Å². The number of carbonyl (C=O) groups excluding carboxylic acids is 1. The van der Waals surface area contributed by atoms with Gasteiger partial charge in [-0.1, -0.05) is 28.4 Å². The van der Waals surface area contributed by atoms with Crippen LogP contribution in [0.3, 0.4) is 0 Å². The van der Waals surface area contributed by atoms with Crippen LogP contribution in [-0.4, -0.2) is 32.4 Å². The molecule has 0 aliphatic carbocycles. The van der Waals surface area contributed by atoms with Crippen molar-refractivity contribution in [3.05, 3.63) is 34.1 Å². The molecular formula is C12H8Cl2N4O2. The predicted molar refractivity (Wildman–Crippen MR) is 74.3 cm³/mol. The highest BCUT2D eigenvalue weighted by Gasteiger charge is 2.20. The minimum absolute atomic E-state index is 0.0237. The van der Waals surface area contributed by atoms with Crippen molar-refractivity contribution >= 4 is 45.7 Å². The Labute approximate surface area is 123 Å². The van der Waals surface area contributed by atoms with E-state index in [-0.39, 0.29) is 23.1 Å². The van der Waals surface area contributed by atoms with Gasteiger partial charge in [-0.25, -0.2) is 9.78 Å². The van der Waals surface area contributed by atoms with Crippen molar-refractivity contribution in [3.63, 3.8) is 0 Å². The molecule has 0 bridgehead atoms. The molecule has 0 aliphatic heterocycles. The number of fused-ring (bicyclic) bond motifs is 3. The van der Waals surface area contributed by atoms with Gasteiger partial charge in [0.15, 0.2) is 5.65 Å². The van der Waals surface area contributed by atoms with Crippen molar-refractivity contribution in [2.24, 2.45) is 0 Å². The van der Waals surface area contributed by atoms with E-state index in [1.54, 1.807) is 25.1 Å². The number of hydrogen-bond donors (Lipinski definition) is 0. The van der Waals surface area contributed by atoms with E-state index in [4.69, 9.17) is 27.9 Å². The van der Waals surface area contributed by atoms with Crippen molar-refractivity contribution in [1.29, 1.82) is 0 Å². The van der Waals surface area contributed by atoms with Crippen LogP contribution in [0.5, 0.6) is 0 Å². The first-order valence-corrected chi connectivity index (χ1v) is 6.54. The summed E-state index contributed by atoms with van der Waals surface area (Å²) >= 11 is 12.1. The minimum atomic E-state index is -0.590. The smallest absolute Gasteiger partial charge is 0.362 e. The number of nitrogens with zero attached hydrogens (tertiary/aromatic N) is 4. The number of hydrogen-bond acceptors (Lipinski definition) is 5. The Morgan fingerprint density at radius 2 is 2.20 bits per heavy atom. The molecule has 6 nitrogen and oxygen atoms in total. The lowest BCUT2D eigenvalue weighted by atomic mass is 10.2. The third kappa shape index (κ3) is 1.97. The number of aromatic nitrogens is 4. The molecule has 0 atom stereocenters. The van der Waals surface area contributed by atoms with Crippen LogP contribution < -0.4 is 0 Å². The highest BCUT2D eigenvalue weighted by molar-refractivity contribution is 6.35. The van der Waals surface area contributed by atoms with Crippen molar-refractivity contribution in [1.82, 2.24) is 19.8 Å². The zero-order valence-corrected chi connectivity index (χ0v) is 11.8. The summed E-state index contributed by atoms with van der Waals surface area (Å²) in [7, 11) is 0. The summed E-state index contributed by atoms with van der Waals surface area (Å²) in [6.45, 7) is 1.95. The third-order valence-electron chi connectivity index (χ3n) is 2.73. The van der Waals surface area contributed by atoms with Crippen molar-refractivity contribution in [2.75, 3.05) is 6.61 Å². The monoisotopic (exact) mass is 310 g/mol. The first kappa shape index (κ1) is 13.1. The zero-order valence-electron chi connectivity index (χ0n) is 10.3. The minimum Gasteiger partial charge on any atom is -0.461 e. The lowest BCUT2D eigenvalue weighted by molar-refractivity contribution is 0.0521. The Morgan fingerprint density at radius 3 is 2.95 bits per heavy atom. The summed E-state index contributed by atoms with van der Waals surface area (Å²) < 4.78 is 6.32. The normalized spacial score (nSPS) is 11.2. The van der Waals surface area contributed by atoms with Gasteiger partial charge in [-0.3, -0.25) is 0 Å². The van der Waals surface area contributed by atoms with Gasteiger partial charge in [0.1, 0.15) is 5.15 Å². The molecule has 3 aromatic rings.